The first-order valence-electron chi connectivity index (χ1n) is 14.2. The van der Waals surface area contributed by atoms with Gasteiger partial charge in [0.15, 0.2) is 5.78 Å². The van der Waals surface area contributed by atoms with Crippen molar-refractivity contribution >= 4 is 23.0 Å². The highest BCUT2D eigenvalue weighted by Gasteiger charge is 2.52. The SMILES string of the molecule is COc1ccc2c(c1)C(c1ccc(OCCN3CCCCC3)cc1)C1(Cc3ccc(Cl)cc3)CCC(=O)C=C21. The third-order valence-corrected chi connectivity index (χ3v) is 9.09. The first kappa shape index (κ1) is 26.2. The Morgan fingerprint density at radius 2 is 1.69 bits per heavy atom. The molecule has 3 aromatic rings. The predicted octanol–water partition coefficient (Wildman–Crippen LogP) is 7.33. The molecule has 5 heteroatoms. The number of carbonyl (C=O) groups is 1. The van der Waals surface area contributed by atoms with Crippen LogP contribution in [0.15, 0.2) is 72.8 Å². The highest BCUT2D eigenvalue weighted by Crippen LogP contribution is 2.63. The maximum atomic E-state index is 12.7. The van der Waals surface area contributed by atoms with Crippen molar-refractivity contribution in [2.45, 2.75) is 44.4 Å². The van der Waals surface area contributed by atoms with Gasteiger partial charge in [-0.3, -0.25) is 9.69 Å². The standard InChI is InChI=1S/C34H36ClNO3/c1-38-29-13-14-30-31(22-29)33(25-7-11-28(12-8-25)39-20-19-36-17-3-2-4-18-36)34(16-15-27(37)21-32(30)34)23-24-5-9-26(35)10-6-24/h5-14,21-22,33H,2-4,15-20,23H2,1H3. The fourth-order valence-electron chi connectivity index (χ4n) is 6.94. The van der Waals surface area contributed by atoms with E-state index in [4.69, 9.17) is 21.1 Å². The van der Waals surface area contributed by atoms with Crippen LogP contribution in [0.4, 0.5) is 0 Å². The molecule has 2 aliphatic carbocycles. The van der Waals surface area contributed by atoms with Crippen molar-refractivity contribution in [3.8, 4) is 11.5 Å². The summed E-state index contributed by atoms with van der Waals surface area (Å²) in [5, 5.41) is 0.734. The van der Waals surface area contributed by atoms with Crippen molar-refractivity contribution in [3.63, 3.8) is 0 Å². The van der Waals surface area contributed by atoms with Crippen LogP contribution in [0, 0.1) is 5.41 Å². The summed E-state index contributed by atoms with van der Waals surface area (Å²) in [6.07, 6.45) is 8.03. The van der Waals surface area contributed by atoms with Crippen molar-refractivity contribution in [2.75, 3.05) is 33.4 Å². The summed E-state index contributed by atoms with van der Waals surface area (Å²) < 4.78 is 11.8. The molecule has 2 unspecified atom stereocenters. The lowest BCUT2D eigenvalue weighted by Crippen LogP contribution is -2.33. The van der Waals surface area contributed by atoms with Crippen LogP contribution in [-0.2, 0) is 11.2 Å². The molecule has 4 nitrogen and oxygen atoms in total. The summed E-state index contributed by atoms with van der Waals surface area (Å²) in [6, 6.07) is 23.1. The van der Waals surface area contributed by atoms with Gasteiger partial charge in [0.25, 0.3) is 0 Å². The van der Waals surface area contributed by atoms with Crippen LogP contribution >= 0.6 is 11.6 Å². The van der Waals surface area contributed by atoms with Gasteiger partial charge in [-0.1, -0.05) is 48.4 Å². The Bertz CT molecular complexity index is 1360. The molecular weight excluding hydrogens is 506 g/mol. The molecule has 1 aliphatic heterocycles. The summed E-state index contributed by atoms with van der Waals surface area (Å²) in [7, 11) is 1.71. The van der Waals surface area contributed by atoms with E-state index in [1.165, 1.54) is 49.0 Å². The number of ketones is 1. The molecule has 202 valence electrons. The van der Waals surface area contributed by atoms with Crippen LogP contribution in [0.1, 0.15) is 60.3 Å². The number of nitrogens with zero attached hydrogens (tertiary/aromatic N) is 1. The number of likely N-dealkylation sites (tertiary alicyclic amines) is 1. The van der Waals surface area contributed by atoms with Crippen LogP contribution in [0.2, 0.25) is 5.02 Å². The Morgan fingerprint density at radius 3 is 2.44 bits per heavy atom. The maximum absolute atomic E-state index is 12.7. The van der Waals surface area contributed by atoms with Gasteiger partial charge in [-0.25, -0.2) is 0 Å². The molecule has 2 atom stereocenters. The maximum Gasteiger partial charge on any atom is 0.156 e. The lowest BCUT2D eigenvalue weighted by molar-refractivity contribution is -0.115. The highest BCUT2D eigenvalue weighted by atomic mass is 35.5. The van der Waals surface area contributed by atoms with E-state index in [0.717, 1.165) is 47.0 Å². The van der Waals surface area contributed by atoms with Gasteiger partial charge < -0.3 is 9.47 Å². The van der Waals surface area contributed by atoms with Crippen LogP contribution in [0.5, 0.6) is 11.5 Å². The summed E-state index contributed by atoms with van der Waals surface area (Å²) >= 11 is 6.22. The van der Waals surface area contributed by atoms with Gasteiger partial charge in [-0.15, -0.1) is 0 Å². The number of halogens is 1. The van der Waals surface area contributed by atoms with Gasteiger partial charge in [0.1, 0.15) is 18.1 Å². The van der Waals surface area contributed by atoms with E-state index in [-0.39, 0.29) is 17.1 Å². The minimum atomic E-state index is -0.229. The topological polar surface area (TPSA) is 38.8 Å². The first-order chi connectivity index (χ1) is 19.1. The molecule has 0 radical (unpaired) electrons. The van der Waals surface area contributed by atoms with Crippen LogP contribution in [-0.4, -0.2) is 44.0 Å². The highest BCUT2D eigenvalue weighted by molar-refractivity contribution is 6.30. The second-order valence-corrected chi connectivity index (χ2v) is 11.6. The molecule has 0 spiro atoms. The fraction of sp³-hybridized carbons (Fsp3) is 0.382. The number of rotatable bonds is 8. The van der Waals surface area contributed by atoms with Crippen molar-refractivity contribution in [3.05, 3.63) is 100 Å². The van der Waals surface area contributed by atoms with Gasteiger partial charge in [0.05, 0.1) is 7.11 Å². The minimum absolute atomic E-state index is 0.0972. The number of benzene rings is 3. The lowest BCUT2D eigenvalue weighted by Gasteiger charge is -2.40. The molecule has 1 saturated heterocycles. The molecule has 3 aliphatic rings. The van der Waals surface area contributed by atoms with Gasteiger partial charge >= 0.3 is 0 Å². The largest absolute Gasteiger partial charge is 0.497 e. The monoisotopic (exact) mass is 541 g/mol. The number of hydrogen-bond acceptors (Lipinski definition) is 4. The Balaban J connectivity index is 1.34. The number of hydrogen-bond donors (Lipinski definition) is 0. The Kier molecular flexibility index (Phi) is 7.51. The molecule has 6 rings (SSSR count). The summed E-state index contributed by atoms with van der Waals surface area (Å²) in [5.74, 6) is 2.04. The third kappa shape index (κ3) is 5.25. The molecule has 0 bridgehead atoms. The summed E-state index contributed by atoms with van der Waals surface area (Å²) in [6.45, 7) is 4.05. The molecule has 3 aromatic carbocycles. The molecule has 0 amide bonds. The van der Waals surface area contributed by atoms with Crippen LogP contribution in [0.3, 0.4) is 0 Å². The van der Waals surface area contributed by atoms with Crippen LogP contribution in [0.25, 0.3) is 5.57 Å². The quantitative estimate of drug-likeness (QED) is 0.299. The summed E-state index contributed by atoms with van der Waals surface area (Å²) in [5.41, 5.74) is 5.76. The van der Waals surface area contributed by atoms with Crippen molar-refractivity contribution in [1.29, 1.82) is 0 Å². The van der Waals surface area contributed by atoms with Gasteiger partial charge in [-0.05, 0) is 109 Å². The van der Waals surface area contributed by atoms with Gasteiger partial charge in [0.2, 0.25) is 0 Å². The normalized spacial score (nSPS) is 22.7. The van der Waals surface area contributed by atoms with Gasteiger partial charge in [-0.2, -0.15) is 0 Å². The molecule has 39 heavy (non-hydrogen) atoms. The molecule has 0 saturated carbocycles. The van der Waals surface area contributed by atoms with Crippen molar-refractivity contribution in [1.82, 2.24) is 4.90 Å². The number of fused-ring (bicyclic) bond motifs is 3. The Morgan fingerprint density at radius 1 is 0.949 bits per heavy atom. The Labute approximate surface area is 236 Å². The number of methoxy groups -OCH3 is 1. The predicted molar refractivity (Wildman–Crippen MR) is 157 cm³/mol. The molecule has 1 fully saturated rings. The number of ether oxygens (including phenoxy) is 2. The van der Waals surface area contributed by atoms with E-state index >= 15 is 0 Å². The zero-order valence-electron chi connectivity index (χ0n) is 22.6. The second-order valence-electron chi connectivity index (χ2n) is 11.2. The average molecular weight is 542 g/mol. The smallest absolute Gasteiger partial charge is 0.156 e. The van der Waals surface area contributed by atoms with E-state index < -0.39 is 0 Å². The van der Waals surface area contributed by atoms with E-state index in [0.29, 0.717) is 13.0 Å². The Hall–Kier alpha value is -3.08. The van der Waals surface area contributed by atoms with Gasteiger partial charge in [0, 0.05) is 29.3 Å². The van der Waals surface area contributed by atoms with E-state index in [1.54, 1.807) is 7.11 Å². The zero-order chi connectivity index (χ0) is 26.8. The molecule has 0 aromatic heterocycles. The van der Waals surface area contributed by atoms with Crippen molar-refractivity contribution in [2.24, 2.45) is 5.41 Å². The molecule has 1 heterocycles. The number of allylic oxidation sites excluding steroid dienone is 2. The zero-order valence-corrected chi connectivity index (χ0v) is 23.4. The third-order valence-electron chi connectivity index (χ3n) is 8.84. The second kappa shape index (κ2) is 11.2. The lowest BCUT2D eigenvalue weighted by atomic mass is 9.62. The average Bonchev–Trinajstić information content (AvgIpc) is 3.24. The summed E-state index contributed by atoms with van der Waals surface area (Å²) in [4.78, 5) is 15.2. The fourth-order valence-corrected chi connectivity index (χ4v) is 7.06. The first-order valence-corrected chi connectivity index (χ1v) is 14.6. The number of piperidine rings is 1. The van der Waals surface area contributed by atoms with E-state index in [9.17, 15) is 4.79 Å². The molecular formula is C34H36ClNO3. The molecule has 0 N–H and O–H groups in total. The number of carbonyl (C=O) groups excluding carboxylic acids is 1. The van der Waals surface area contributed by atoms with E-state index in [1.807, 2.05) is 24.3 Å². The van der Waals surface area contributed by atoms with E-state index in [2.05, 4.69) is 53.4 Å². The van der Waals surface area contributed by atoms with Crippen molar-refractivity contribution < 1.29 is 14.3 Å². The van der Waals surface area contributed by atoms with Crippen LogP contribution < -0.4 is 9.47 Å². The minimum Gasteiger partial charge on any atom is -0.497 e.